The molecule has 0 bridgehead atoms. The van der Waals surface area contributed by atoms with E-state index in [9.17, 15) is 18.0 Å². The Morgan fingerprint density at radius 1 is 1.28 bits per heavy atom. The first-order valence-electron chi connectivity index (χ1n) is 9.96. The Hall–Kier alpha value is -3.56. The number of benzene rings is 1. The quantitative estimate of drug-likeness (QED) is 0.784. The molecule has 1 aromatic heterocycles. The zero-order chi connectivity index (χ0) is 22.7. The Kier molecular flexibility index (Phi) is 4.44. The lowest BCUT2D eigenvalue weighted by Crippen LogP contribution is -2.46. The molecule has 1 aromatic carbocycles. The molecule has 166 valence electrons. The van der Waals surface area contributed by atoms with Crippen molar-refractivity contribution in [3.05, 3.63) is 59.5 Å². The topological polar surface area (TPSA) is 90.0 Å². The van der Waals surface area contributed by atoms with Gasteiger partial charge < -0.3 is 20.1 Å². The lowest BCUT2D eigenvalue weighted by atomic mass is 9.73. The minimum atomic E-state index is -4.47. The van der Waals surface area contributed by atoms with Crippen LogP contribution in [0.15, 0.2) is 53.2 Å². The first-order valence-corrected chi connectivity index (χ1v) is 9.96. The molecule has 0 fully saturated rings. The van der Waals surface area contributed by atoms with Crippen molar-refractivity contribution >= 4 is 23.1 Å². The maximum atomic E-state index is 13.9. The second-order valence-electron chi connectivity index (χ2n) is 7.87. The number of hydrogen-bond acceptors (Lipinski definition) is 6. The van der Waals surface area contributed by atoms with Crippen LogP contribution in [0.25, 0.3) is 0 Å². The summed E-state index contributed by atoms with van der Waals surface area (Å²) in [6.07, 6.45) is -5.18. The highest BCUT2D eigenvalue weighted by Crippen LogP contribution is 2.52. The summed E-state index contributed by atoms with van der Waals surface area (Å²) in [7, 11) is 1.47. The second kappa shape index (κ2) is 6.98. The van der Waals surface area contributed by atoms with Crippen LogP contribution in [-0.4, -0.2) is 42.7 Å². The summed E-state index contributed by atoms with van der Waals surface area (Å²) in [6, 6.07) is 10.4. The number of nitrogens with zero attached hydrogens (tertiary/aromatic N) is 3. The van der Waals surface area contributed by atoms with E-state index in [1.807, 2.05) is 0 Å². The number of pyridine rings is 1. The highest BCUT2D eigenvalue weighted by atomic mass is 19.4. The molecule has 3 aliphatic rings. The SMILES string of the molecule is COc1ccc2c(n1)C1(CC(N)=N2)C(=O)N(CC2=CCC(C(F)(F)F)O2)c2ccccc21. The first kappa shape index (κ1) is 20.3. The van der Waals surface area contributed by atoms with Crippen LogP contribution in [0.3, 0.4) is 0 Å². The molecule has 0 aliphatic carbocycles. The molecule has 0 saturated carbocycles. The zero-order valence-corrected chi connectivity index (χ0v) is 17.0. The number of fused-ring (bicyclic) bond motifs is 4. The van der Waals surface area contributed by atoms with E-state index >= 15 is 0 Å². The summed E-state index contributed by atoms with van der Waals surface area (Å²) in [5.74, 6) is 0.336. The van der Waals surface area contributed by atoms with Gasteiger partial charge >= 0.3 is 6.18 Å². The Morgan fingerprint density at radius 3 is 2.78 bits per heavy atom. The number of para-hydroxylation sites is 1. The van der Waals surface area contributed by atoms with Crippen LogP contribution >= 0.6 is 0 Å². The largest absolute Gasteiger partial charge is 0.483 e. The minimum Gasteiger partial charge on any atom is -0.483 e. The second-order valence-corrected chi connectivity index (χ2v) is 7.87. The molecule has 1 amide bonds. The number of anilines is 1. The van der Waals surface area contributed by atoms with Crippen molar-refractivity contribution in [3.63, 3.8) is 0 Å². The average Bonchev–Trinajstić information content (AvgIpc) is 3.32. The molecule has 2 atom stereocenters. The predicted molar refractivity (Wildman–Crippen MR) is 110 cm³/mol. The molecule has 0 saturated heterocycles. The Bertz CT molecular complexity index is 1180. The number of halogens is 3. The van der Waals surface area contributed by atoms with Crippen LogP contribution in [0.1, 0.15) is 24.1 Å². The van der Waals surface area contributed by atoms with Gasteiger partial charge in [-0.05, 0) is 23.8 Å². The maximum absolute atomic E-state index is 13.9. The summed E-state index contributed by atoms with van der Waals surface area (Å²) < 4.78 is 49.5. The molecule has 10 heteroatoms. The number of aliphatic imine (C=N–C) groups is 1. The number of aromatic nitrogens is 1. The molecule has 2 N–H and O–H groups in total. The van der Waals surface area contributed by atoms with Crippen LogP contribution in [0.5, 0.6) is 5.88 Å². The van der Waals surface area contributed by atoms with Gasteiger partial charge in [0.05, 0.1) is 25.0 Å². The van der Waals surface area contributed by atoms with Crippen LogP contribution < -0.4 is 15.4 Å². The number of carbonyl (C=O) groups excluding carboxylic acids is 1. The average molecular weight is 444 g/mol. The van der Waals surface area contributed by atoms with E-state index in [2.05, 4.69) is 9.98 Å². The van der Waals surface area contributed by atoms with Gasteiger partial charge in [-0.3, -0.25) is 4.79 Å². The van der Waals surface area contributed by atoms with Crippen molar-refractivity contribution in [2.45, 2.75) is 30.5 Å². The van der Waals surface area contributed by atoms with Crippen molar-refractivity contribution in [2.75, 3.05) is 18.6 Å². The van der Waals surface area contributed by atoms with Crippen molar-refractivity contribution in [2.24, 2.45) is 10.7 Å². The van der Waals surface area contributed by atoms with E-state index in [4.69, 9.17) is 15.2 Å². The molecule has 2 aromatic rings. The maximum Gasteiger partial charge on any atom is 0.425 e. The van der Waals surface area contributed by atoms with Crippen LogP contribution in [0.4, 0.5) is 24.5 Å². The minimum absolute atomic E-state index is 0.0948. The standard InChI is InChI=1S/C22H19F3N4O3/c1-31-18-9-7-14-19(28-18)21(10-17(26)27-14)13-4-2-3-5-15(13)29(20(21)30)11-12-6-8-16(32-12)22(23,24)25/h2-7,9,16H,8,10-11H2,1H3,(H2,26,27). The van der Waals surface area contributed by atoms with E-state index in [-0.39, 0.29) is 36.9 Å². The molecule has 32 heavy (non-hydrogen) atoms. The van der Waals surface area contributed by atoms with Gasteiger partial charge in [0.2, 0.25) is 11.8 Å². The predicted octanol–water partition coefficient (Wildman–Crippen LogP) is 3.35. The highest BCUT2D eigenvalue weighted by molar-refractivity contribution is 6.14. The molecular formula is C22H19F3N4O3. The van der Waals surface area contributed by atoms with Gasteiger partial charge in [-0.25, -0.2) is 9.98 Å². The van der Waals surface area contributed by atoms with Gasteiger partial charge in [0, 0.05) is 24.6 Å². The van der Waals surface area contributed by atoms with Gasteiger partial charge in [-0.1, -0.05) is 18.2 Å². The van der Waals surface area contributed by atoms with E-state index in [1.54, 1.807) is 36.4 Å². The Balaban J connectivity index is 1.58. The van der Waals surface area contributed by atoms with Crippen molar-refractivity contribution < 1.29 is 27.4 Å². The first-order chi connectivity index (χ1) is 15.2. The number of rotatable bonds is 3. The van der Waals surface area contributed by atoms with E-state index in [0.29, 0.717) is 28.5 Å². The number of alkyl halides is 3. The number of ether oxygens (including phenoxy) is 2. The smallest absolute Gasteiger partial charge is 0.425 e. The fourth-order valence-electron chi connectivity index (χ4n) is 4.56. The molecular weight excluding hydrogens is 425 g/mol. The summed E-state index contributed by atoms with van der Waals surface area (Å²) in [5, 5.41) is 0. The van der Waals surface area contributed by atoms with Crippen LogP contribution in [0, 0.1) is 0 Å². The third-order valence-electron chi connectivity index (χ3n) is 5.97. The molecule has 4 heterocycles. The number of methoxy groups -OCH3 is 1. The fraction of sp³-hybridized carbons (Fsp3) is 0.318. The van der Waals surface area contributed by atoms with Crippen molar-refractivity contribution in [3.8, 4) is 5.88 Å². The van der Waals surface area contributed by atoms with E-state index < -0.39 is 17.7 Å². The fourth-order valence-corrected chi connectivity index (χ4v) is 4.56. The number of carbonyl (C=O) groups is 1. The Morgan fingerprint density at radius 2 is 2.06 bits per heavy atom. The van der Waals surface area contributed by atoms with E-state index in [0.717, 1.165) is 0 Å². The van der Waals surface area contributed by atoms with Gasteiger partial charge in [0.1, 0.15) is 17.0 Å². The number of hydrogen-bond donors (Lipinski definition) is 1. The third kappa shape index (κ3) is 2.93. The van der Waals surface area contributed by atoms with E-state index in [1.165, 1.54) is 18.1 Å². The summed E-state index contributed by atoms with van der Waals surface area (Å²) in [5.41, 5.74) is 6.96. The number of nitrogens with two attached hydrogens (primary N) is 1. The number of amides is 1. The van der Waals surface area contributed by atoms with Gasteiger partial charge in [-0.15, -0.1) is 0 Å². The van der Waals surface area contributed by atoms with Gasteiger partial charge in [0.25, 0.3) is 0 Å². The van der Waals surface area contributed by atoms with Crippen LogP contribution in [0.2, 0.25) is 0 Å². The normalized spacial score (nSPS) is 24.1. The summed E-state index contributed by atoms with van der Waals surface area (Å²) in [4.78, 5) is 24.3. The lowest BCUT2D eigenvalue weighted by Gasteiger charge is -2.32. The molecule has 0 radical (unpaired) electrons. The summed E-state index contributed by atoms with van der Waals surface area (Å²) >= 11 is 0. The Labute approximate surface area is 181 Å². The molecule has 3 aliphatic heterocycles. The van der Waals surface area contributed by atoms with Crippen molar-refractivity contribution in [1.29, 1.82) is 0 Å². The molecule has 2 unspecified atom stereocenters. The highest BCUT2D eigenvalue weighted by Gasteiger charge is 2.56. The lowest BCUT2D eigenvalue weighted by molar-refractivity contribution is -0.202. The van der Waals surface area contributed by atoms with Gasteiger partial charge in [0.15, 0.2) is 6.10 Å². The van der Waals surface area contributed by atoms with Crippen LogP contribution in [-0.2, 0) is 14.9 Å². The van der Waals surface area contributed by atoms with Crippen molar-refractivity contribution in [1.82, 2.24) is 4.98 Å². The zero-order valence-electron chi connectivity index (χ0n) is 17.0. The molecule has 1 spiro atoms. The number of amidine groups is 1. The summed E-state index contributed by atoms with van der Waals surface area (Å²) in [6.45, 7) is -0.124. The molecule has 7 nitrogen and oxygen atoms in total. The van der Waals surface area contributed by atoms with Gasteiger partial charge in [-0.2, -0.15) is 13.2 Å². The third-order valence-corrected chi connectivity index (χ3v) is 5.97. The monoisotopic (exact) mass is 444 g/mol. The molecule has 5 rings (SSSR count).